The number of anilines is 1. The zero-order valence-electron chi connectivity index (χ0n) is 14.2. The van der Waals surface area contributed by atoms with Crippen LogP contribution >= 0.6 is 15.9 Å². The smallest absolute Gasteiger partial charge is 0.291 e. The van der Waals surface area contributed by atoms with Crippen LogP contribution < -0.4 is 10.1 Å². The Bertz CT molecular complexity index is 1150. The number of furan rings is 1. The van der Waals surface area contributed by atoms with Gasteiger partial charge >= 0.3 is 0 Å². The summed E-state index contributed by atoms with van der Waals surface area (Å²) in [7, 11) is 1.62. The van der Waals surface area contributed by atoms with Crippen LogP contribution in [0.2, 0.25) is 0 Å². The maximum absolute atomic E-state index is 12.6. The minimum Gasteiger partial charge on any atom is -0.497 e. The number of carbonyl (C=O) groups excluding carboxylic acids is 1. The van der Waals surface area contributed by atoms with Crippen molar-refractivity contribution in [2.75, 3.05) is 12.4 Å². The predicted octanol–water partition coefficient (Wildman–Crippen LogP) is 5.31. The van der Waals surface area contributed by atoms with Crippen LogP contribution in [-0.2, 0) is 0 Å². The molecule has 0 aliphatic rings. The van der Waals surface area contributed by atoms with Gasteiger partial charge in [-0.15, -0.1) is 0 Å². The topological polar surface area (TPSA) is 64.4 Å². The molecule has 5 nitrogen and oxygen atoms in total. The number of nitrogens with one attached hydrogen (secondary N) is 1. The number of aromatic nitrogens is 1. The number of carbonyl (C=O) groups is 1. The Balaban J connectivity index is 1.69. The van der Waals surface area contributed by atoms with Gasteiger partial charge in [0.2, 0.25) is 5.71 Å². The van der Waals surface area contributed by atoms with Gasteiger partial charge in [-0.1, -0.05) is 15.9 Å². The Morgan fingerprint density at radius 2 is 1.96 bits per heavy atom. The number of amides is 1. The summed E-state index contributed by atoms with van der Waals surface area (Å²) in [6.07, 6.45) is 0. The van der Waals surface area contributed by atoms with Gasteiger partial charge in [0, 0.05) is 20.9 Å². The summed E-state index contributed by atoms with van der Waals surface area (Å²) in [6, 6.07) is 14.9. The first-order valence-corrected chi connectivity index (χ1v) is 8.78. The molecule has 26 heavy (non-hydrogen) atoms. The minimum absolute atomic E-state index is 0.220. The third-order valence-corrected chi connectivity index (χ3v) is 4.66. The lowest BCUT2D eigenvalue weighted by Crippen LogP contribution is -2.11. The molecule has 0 atom stereocenters. The molecule has 0 spiro atoms. The van der Waals surface area contributed by atoms with E-state index in [-0.39, 0.29) is 11.7 Å². The minimum atomic E-state index is -0.310. The fraction of sp³-hybridized carbons (Fsp3) is 0.100. The fourth-order valence-corrected chi connectivity index (χ4v) is 3.28. The van der Waals surface area contributed by atoms with Crippen molar-refractivity contribution in [3.63, 3.8) is 0 Å². The van der Waals surface area contributed by atoms with Gasteiger partial charge in [-0.2, -0.15) is 0 Å². The number of hydrogen-bond acceptors (Lipinski definition) is 4. The van der Waals surface area contributed by atoms with E-state index in [1.54, 1.807) is 13.2 Å². The Morgan fingerprint density at radius 3 is 2.73 bits per heavy atom. The Kier molecular flexibility index (Phi) is 4.12. The summed E-state index contributed by atoms with van der Waals surface area (Å²) in [6.45, 7) is 1.93. The van der Waals surface area contributed by atoms with E-state index in [0.29, 0.717) is 5.71 Å². The number of methoxy groups -OCH3 is 1. The molecule has 0 radical (unpaired) electrons. The zero-order chi connectivity index (χ0) is 18.3. The molecule has 2 aromatic carbocycles. The maximum Gasteiger partial charge on any atom is 0.291 e. The quantitative estimate of drug-likeness (QED) is 0.496. The predicted molar refractivity (Wildman–Crippen MR) is 105 cm³/mol. The van der Waals surface area contributed by atoms with E-state index in [9.17, 15) is 4.79 Å². The molecular weight excluding hydrogens is 396 g/mol. The lowest BCUT2D eigenvalue weighted by atomic mass is 10.2. The van der Waals surface area contributed by atoms with Gasteiger partial charge in [0.05, 0.1) is 12.6 Å². The highest BCUT2D eigenvalue weighted by atomic mass is 79.9. The molecule has 0 bridgehead atoms. The molecule has 0 unspecified atom stereocenters. The molecule has 0 fully saturated rings. The second kappa shape index (κ2) is 6.46. The lowest BCUT2D eigenvalue weighted by Gasteiger charge is -2.06. The van der Waals surface area contributed by atoms with Gasteiger partial charge in [0.25, 0.3) is 5.91 Å². The standard InChI is InChI=1S/C20H15BrN2O3/c1-11-7-14(21)3-5-16(11)22-19(24)18-10-13-8-12-9-15(25-2)4-6-17(12)23-20(13)26-18/h3-10H,1-2H3,(H,22,24). The molecule has 4 aromatic rings. The number of nitrogens with zero attached hydrogens (tertiary/aromatic N) is 1. The molecule has 130 valence electrons. The largest absolute Gasteiger partial charge is 0.497 e. The highest BCUT2D eigenvalue weighted by molar-refractivity contribution is 9.10. The van der Waals surface area contributed by atoms with Crippen molar-refractivity contribution in [1.29, 1.82) is 0 Å². The first-order valence-electron chi connectivity index (χ1n) is 7.99. The van der Waals surface area contributed by atoms with Crippen LogP contribution in [-0.4, -0.2) is 18.0 Å². The van der Waals surface area contributed by atoms with E-state index in [1.807, 2.05) is 49.4 Å². The molecule has 1 amide bonds. The summed E-state index contributed by atoms with van der Waals surface area (Å²) in [4.78, 5) is 17.0. The number of ether oxygens (including phenoxy) is 1. The molecule has 0 aliphatic heterocycles. The van der Waals surface area contributed by atoms with Crippen molar-refractivity contribution in [2.24, 2.45) is 0 Å². The van der Waals surface area contributed by atoms with Crippen molar-refractivity contribution >= 4 is 49.5 Å². The van der Waals surface area contributed by atoms with Crippen LogP contribution in [0, 0.1) is 6.92 Å². The van der Waals surface area contributed by atoms with Crippen LogP contribution in [0.1, 0.15) is 16.1 Å². The third-order valence-electron chi connectivity index (χ3n) is 4.17. The van der Waals surface area contributed by atoms with E-state index in [0.717, 1.165) is 37.8 Å². The lowest BCUT2D eigenvalue weighted by molar-refractivity contribution is 0.0998. The zero-order valence-corrected chi connectivity index (χ0v) is 15.8. The average molecular weight is 411 g/mol. The van der Waals surface area contributed by atoms with E-state index in [2.05, 4.69) is 26.2 Å². The van der Waals surface area contributed by atoms with Gasteiger partial charge in [-0.25, -0.2) is 4.98 Å². The summed E-state index contributed by atoms with van der Waals surface area (Å²) < 4.78 is 11.9. The molecule has 2 aromatic heterocycles. The van der Waals surface area contributed by atoms with E-state index in [4.69, 9.17) is 9.15 Å². The summed E-state index contributed by atoms with van der Waals surface area (Å²) >= 11 is 3.41. The summed E-state index contributed by atoms with van der Waals surface area (Å²) in [5.41, 5.74) is 2.91. The number of rotatable bonds is 3. The van der Waals surface area contributed by atoms with Gasteiger partial charge in [0.1, 0.15) is 5.75 Å². The average Bonchev–Trinajstić information content (AvgIpc) is 3.04. The van der Waals surface area contributed by atoms with E-state index >= 15 is 0 Å². The molecule has 4 rings (SSSR count). The number of fused-ring (bicyclic) bond motifs is 2. The molecule has 1 N–H and O–H groups in total. The van der Waals surface area contributed by atoms with Crippen molar-refractivity contribution in [1.82, 2.24) is 4.98 Å². The van der Waals surface area contributed by atoms with Crippen molar-refractivity contribution in [2.45, 2.75) is 6.92 Å². The normalized spacial score (nSPS) is 11.0. The summed E-state index contributed by atoms with van der Waals surface area (Å²) in [5.74, 6) is 0.665. The van der Waals surface area contributed by atoms with Crippen molar-refractivity contribution in [3.05, 3.63) is 64.3 Å². The fourth-order valence-electron chi connectivity index (χ4n) is 2.80. The number of hydrogen-bond donors (Lipinski definition) is 1. The van der Waals surface area contributed by atoms with E-state index in [1.165, 1.54) is 0 Å². The van der Waals surface area contributed by atoms with Crippen LogP contribution in [0.3, 0.4) is 0 Å². The highest BCUT2D eigenvalue weighted by Gasteiger charge is 2.15. The van der Waals surface area contributed by atoms with Crippen LogP contribution in [0.25, 0.3) is 22.0 Å². The number of halogens is 1. The summed E-state index contributed by atoms with van der Waals surface area (Å²) in [5, 5.41) is 4.56. The van der Waals surface area contributed by atoms with E-state index < -0.39 is 0 Å². The first kappa shape index (κ1) is 16.6. The SMILES string of the molecule is COc1ccc2nc3oc(C(=O)Nc4ccc(Br)cc4C)cc3cc2c1. The van der Waals surface area contributed by atoms with Crippen LogP contribution in [0.4, 0.5) is 5.69 Å². The second-order valence-corrected chi connectivity index (χ2v) is 6.88. The van der Waals surface area contributed by atoms with Gasteiger partial charge < -0.3 is 14.5 Å². The first-order chi connectivity index (χ1) is 12.5. The molecule has 0 saturated heterocycles. The molecule has 0 saturated carbocycles. The Labute approximate surface area is 158 Å². The number of pyridine rings is 1. The monoisotopic (exact) mass is 410 g/mol. The number of aryl methyl sites for hydroxylation is 1. The molecule has 0 aliphatic carbocycles. The Hall–Kier alpha value is -2.86. The maximum atomic E-state index is 12.6. The van der Waals surface area contributed by atoms with Crippen LogP contribution in [0.15, 0.2) is 57.4 Å². The highest BCUT2D eigenvalue weighted by Crippen LogP contribution is 2.27. The Morgan fingerprint density at radius 1 is 1.12 bits per heavy atom. The molecule has 2 heterocycles. The molecular formula is C20H15BrN2O3. The van der Waals surface area contributed by atoms with Gasteiger partial charge in [-0.3, -0.25) is 4.79 Å². The third kappa shape index (κ3) is 3.04. The van der Waals surface area contributed by atoms with Crippen molar-refractivity contribution in [3.8, 4) is 5.75 Å². The second-order valence-electron chi connectivity index (χ2n) is 5.97. The van der Waals surface area contributed by atoms with Gasteiger partial charge in [-0.05, 0) is 61.0 Å². The van der Waals surface area contributed by atoms with Crippen LogP contribution in [0.5, 0.6) is 5.75 Å². The van der Waals surface area contributed by atoms with Crippen molar-refractivity contribution < 1.29 is 13.9 Å². The van der Waals surface area contributed by atoms with Gasteiger partial charge in [0.15, 0.2) is 5.76 Å². The molecule has 6 heteroatoms. The number of benzene rings is 2.